The summed E-state index contributed by atoms with van der Waals surface area (Å²) in [5, 5.41) is 15.2. The van der Waals surface area contributed by atoms with Gasteiger partial charge < -0.3 is 9.73 Å². The van der Waals surface area contributed by atoms with Crippen LogP contribution >= 0.6 is 0 Å². The van der Waals surface area contributed by atoms with Gasteiger partial charge in [0.1, 0.15) is 23.0 Å². The Hall–Kier alpha value is -5.10. The third-order valence-electron chi connectivity index (χ3n) is 7.74. The van der Waals surface area contributed by atoms with Crippen LogP contribution in [-0.4, -0.2) is 62.9 Å². The molecule has 5 aromatic rings. The Morgan fingerprint density at radius 3 is 2.66 bits per heavy atom. The lowest BCUT2D eigenvalue weighted by Crippen LogP contribution is -2.42. The van der Waals surface area contributed by atoms with Crippen molar-refractivity contribution in [1.82, 2.24) is 29.8 Å². The Kier molecular flexibility index (Phi) is 8.07. The van der Waals surface area contributed by atoms with E-state index in [0.717, 1.165) is 28.6 Å². The third kappa shape index (κ3) is 6.02. The predicted octanol–water partition coefficient (Wildman–Crippen LogP) is 5.29. The molecule has 1 aliphatic rings. The van der Waals surface area contributed by atoms with Gasteiger partial charge in [0, 0.05) is 50.4 Å². The lowest BCUT2D eigenvalue weighted by molar-refractivity contribution is 0.246. The van der Waals surface area contributed by atoms with Crippen LogP contribution in [0.25, 0.3) is 16.9 Å². The van der Waals surface area contributed by atoms with Gasteiger partial charge >= 0.3 is 6.03 Å². The van der Waals surface area contributed by atoms with Gasteiger partial charge in [-0.2, -0.15) is 10.2 Å². The summed E-state index contributed by atoms with van der Waals surface area (Å²) in [4.78, 5) is 19.7. The summed E-state index contributed by atoms with van der Waals surface area (Å²) >= 11 is 0. The molecular weight excluding hydrogens is 566 g/mol. The second-order valence-electron chi connectivity index (χ2n) is 10.8. The van der Waals surface area contributed by atoms with E-state index in [9.17, 15) is 13.6 Å². The molecule has 0 spiro atoms. The Labute approximate surface area is 253 Å². The second kappa shape index (κ2) is 12.3. The van der Waals surface area contributed by atoms with Gasteiger partial charge in [0.2, 0.25) is 0 Å². The Bertz CT molecular complexity index is 1810. The monoisotopic (exact) mass is 598 g/mol. The van der Waals surface area contributed by atoms with Crippen LogP contribution in [0, 0.1) is 18.6 Å². The highest BCUT2D eigenvalue weighted by Gasteiger charge is 2.36. The minimum Gasteiger partial charge on any atom is -0.459 e. The van der Waals surface area contributed by atoms with Crippen molar-refractivity contribution in [2.45, 2.75) is 25.4 Å². The van der Waals surface area contributed by atoms with Crippen LogP contribution in [0.5, 0.6) is 0 Å². The van der Waals surface area contributed by atoms with Gasteiger partial charge in [-0.05, 0) is 48.9 Å². The number of benzene rings is 2. The van der Waals surface area contributed by atoms with Crippen molar-refractivity contribution in [1.29, 1.82) is 0 Å². The summed E-state index contributed by atoms with van der Waals surface area (Å²) in [6, 6.07) is 16.3. The van der Waals surface area contributed by atoms with Crippen LogP contribution in [0.1, 0.15) is 28.6 Å². The number of nitrogens with zero attached hydrogens (tertiary/aromatic N) is 6. The third-order valence-corrected chi connectivity index (χ3v) is 7.74. The second-order valence-corrected chi connectivity index (χ2v) is 10.8. The summed E-state index contributed by atoms with van der Waals surface area (Å²) in [6.45, 7) is 3.34. The number of aliphatic imine (C=N–C) groups is 1. The molecule has 0 aliphatic carbocycles. The van der Waals surface area contributed by atoms with Crippen LogP contribution in [0.15, 0.2) is 82.5 Å². The van der Waals surface area contributed by atoms with E-state index in [1.807, 2.05) is 62.6 Å². The number of nitrogens with one attached hydrogen (secondary N) is 2. The predicted molar refractivity (Wildman–Crippen MR) is 163 cm³/mol. The highest BCUT2D eigenvalue weighted by atomic mass is 19.2. The number of aryl methyl sites for hydroxylation is 1. The van der Waals surface area contributed by atoms with E-state index in [4.69, 9.17) is 9.52 Å². The van der Waals surface area contributed by atoms with Crippen LogP contribution in [0.2, 0.25) is 0 Å². The number of halogens is 2. The summed E-state index contributed by atoms with van der Waals surface area (Å²) in [5.41, 5.74) is 3.65. The van der Waals surface area contributed by atoms with Crippen molar-refractivity contribution in [2.24, 2.45) is 12.0 Å². The first-order valence-corrected chi connectivity index (χ1v) is 14.2. The molecule has 1 aliphatic heterocycles. The van der Waals surface area contributed by atoms with Crippen LogP contribution in [0.3, 0.4) is 0 Å². The number of para-hydroxylation sites is 1. The van der Waals surface area contributed by atoms with E-state index in [1.54, 1.807) is 34.9 Å². The van der Waals surface area contributed by atoms with Crippen molar-refractivity contribution in [3.63, 3.8) is 0 Å². The molecular formula is C32H32F2N8O2. The minimum atomic E-state index is -0.927. The van der Waals surface area contributed by atoms with Crippen molar-refractivity contribution in [3.05, 3.63) is 107 Å². The largest absolute Gasteiger partial charge is 0.459 e. The molecule has 226 valence electrons. The number of carbonyl (C=O) groups is 1. The van der Waals surface area contributed by atoms with Crippen molar-refractivity contribution < 1.29 is 18.0 Å². The van der Waals surface area contributed by atoms with Crippen LogP contribution in [-0.2, 0) is 13.6 Å². The number of amides is 2. The first-order valence-electron chi connectivity index (χ1n) is 14.2. The molecule has 2 amide bonds. The average Bonchev–Trinajstić information content (AvgIpc) is 3.80. The fraction of sp³-hybridized carbons (Fsp3) is 0.250. The number of carbonyl (C=O) groups excluding carboxylic acids is 1. The quantitative estimate of drug-likeness (QED) is 0.236. The Balaban J connectivity index is 1.27. The zero-order valence-corrected chi connectivity index (χ0v) is 24.5. The minimum absolute atomic E-state index is 0.298. The first-order chi connectivity index (χ1) is 21.3. The maximum absolute atomic E-state index is 14.3. The summed E-state index contributed by atoms with van der Waals surface area (Å²) in [6.07, 6.45) is 5.23. The normalized spacial score (nSPS) is 17.0. The van der Waals surface area contributed by atoms with Crippen molar-refractivity contribution in [3.8, 4) is 16.9 Å². The summed E-state index contributed by atoms with van der Waals surface area (Å²) < 4.78 is 37.3. The molecule has 10 nitrogen and oxygen atoms in total. The number of aromatic nitrogens is 4. The van der Waals surface area contributed by atoms with E-state index >= 15 is 0 Å². The molecule has 6 rings (SSSR count). The molecule has 3 aromatic heterocycles. The molecule has 1 fully saturated rings. The molecule has 1 saturated heterocycles. The smallest absolute Gasteiger partial charge is 0.320 e. The number of rotatable bonds is 8. The van der Waals surface area contributed by atoms with Crippen LogP contribution in [0.4, 0.5) is 19.4 Å². The molecule has 4 heterocycles. The van der Waals surface area contributed by atoms with Crippen LogP contribution < -0.4 is 10.6 Å². The molecule has 0 bridgehead atoms. The number of furan rings is 1. The standard InChI is InChI=1S/C32H32F2N8O2/c1-20-30(22-14-36-40(3)16-22)39-42(23-7-5-4-6-8-23)31(20)38-32(43)37-29-19-41(17-25-11-10-24(44-25)15-35-2)18-26(29)21-9-12-27(33)28(34)13-21/h4-16,26,29H,17-19H2,1-3H3,(H2,37,38,43)/t26-,29+/m0/s1. The Morgan fingerprint density at radius 1 is 1.11 bits per heavy atom. The summed E-state index contributed by atoms with van der Waals surface area (Å²) in [7, 11) is 3.50. The number of urea groups is 1. The maximum Gasteiger partial charge on any atom is 0.320 e. The van der Waals surface area contributed by atoms with Gasteiger partial charge in [0.05, 0.1) is 30.7 Å². The van der Waals surface area contributed by atoms with E-state index in [2.05, 4.69) is 25.6 Å². The van der Waals surface area contributed by atoms with E-state index in [0.29, 0.717) is 42.5 Å². The number of hydrogen-bond donors (Lipinski definition) is 2. The maximum atomic E-state index is 14.3. The topological polar surface area (TPSA) is 106 Å². The molecule has 0 saturated carbocycles. The SMILES string of the molecule is CN=Cc1ccc(CN2C[C@@H](NC(=O)Nc3c(C)c(-c4cnn(C)c4)nn3-c3ccccc3)[C@H](c3ccc(F)c(F)c3)C2)o1. The molecule has 0 unspecified atom stereocenters. The number of hydrogen-bond acceptors (Lipinski definition) is 6. The van der Waals surface area contributed by atoms with E-state index in [1.165, 1.54) is 6.07 Å². The van der Waals surface area contributed by atoms with Crippen molar-refractivity contribution >= 4 is 18.1 Å². The number of anilines is 1. The highest BCUT2D eigenvalue weighted by molar-refractivity contribution is 5.91. The van der Waals surface area contributed by atoms with Crippen molar-refractivity contribution in [2.75, 3.05) is 25.5 Å². The number of likely N-dealkylation sites (tertiary alicyclic amines) is 1. The molecule has 2 aromatic carbocycles. The van der Waals surface area contributed by atoms with E-state index in [-0.39, 0.29) is 5.92 Å². The fourth-order valence-electron chi connectivity index (χ4n) is 5.67. The van der Waals surface area contributed by atoms with Gasteiger partial charge in [-0.1, -0.05) is 24.3 Å². The lowest BCUT2D eigenvalue weighted by atomic mass is 9.94. The van der Waals surface area contributed by atoms with Gasteiger partial charge in [-0.25, -0.2) is 18.3 Å². The zero-order valence-electron chi connectivity index (χ0n) is 24.5. The average molecular weight is 599 g/mol. The first kappa shape index (κ1) is 29.0. The van der Waals surface area contributed by atoms with Gasteiger partial charge in [0.15, 0.2) is 11.6 Å². The molecule has 2 atom stereocenters. The summed E-state index contributed by atoms with van der Waals surface area (Å²) in [5.74, 6) is -0.256. The van der Waals surface area contributed by atoms with E-state index < -0.39 is 23.7 Å². The molecule has 0 radical (unpaired) electrons. The zero-order chi connectivity index (χ0) is 30.8. The van der Waals surface area contributed by atoms with Gasteiger partial charge in [-0.3, -0.25) is 19.9 Å². The Morgan fingerprint density at radius 2 is 1.93 bits per heavy atom. The molecule has 12 heteroatoms. The highest BCUT2D eigenvalue weighted by Crippen LogP contribution is 2.32. The molecule has 44 heavy (non-hydrogen) atoms. The van der Waals surface area contributed by atoms with Gasteiger partial charge in [-0.15, -0.1) is 0 Å². The lowest BCUT2D eigenvalue weighted by Gasteiger charge is -2.21. The molecule has 2 N–H and O–H groups in total. The van der Waals surface area contributed by atoms with Gasteiger partial charge in [0.25, 0.3) is 0 Å². The fourth-order valence-corrected chi connectivity index (χ4v) is 5.67.